The van der Waals surface area contributed by atoms with Crippen LogP contribution in [0.3, 0.4) is 0 Å². The lowest BCUT2D eigenvalue weighted by molar-refractivity contribution is 0.0758. The first-order chi connectivity index (χ1) is 7.54. The molecule has 1 aromatic rings. The molecule has 0 spiro atoms. The van der Waals surface area contributed by atoms with Gasteiger partial charge in [0.15, 0.2) is 0 Å². The average molecular weight is 227 g/mol. The molecule has 1 aromatic carbocycles. The first-order valence-corrected chi connectivity index (χ1v) is 4.90. The van der Waals surface area contributed by atoms with Gasteiger partial charge in [-0.3, -0.25) is 4.79 Å². The molecule has 0 aliphatic rings. The van der Waals surface area contributed by atoms with E-state index in [2.05, 4.69) is 5.32 Å². The van der Waals surface area contributed by atoms with Gasteiger partial charge in [0.1, 0.15) is 5.82 Å². The van der Waals surface area contributed by atoms with Crippen LogP contribution in [0.2, 0.25) is 0 Å². The fraction of sp³-hybridized carbons (Fsp3) is 0.364. The van der Waals surface area contributed by atoms with Gasteiger partial charge in [0, 0.05) is 5.56 Å². The third-order valence-corrected chi connectivity index (χ3v) is 2.20. The maximum atomic E-state index is 12.6. The number of carbonyl (C=O) groups excluding carboxylic acids is 1. The van der Waals surface area contributed by atoms with Crippen LogP contribution in [0.1, 0.15) is 17.3 Å². The molecule has 2 unspecified atom stereocenters. The van der Waals surface area contributed by atoms with E-state index in [1.54, 1.807) is 0 Å². The summed E-state index contributed by atoms with van der Waals surface area (Å²) in [5, 5.41) is 20.6. The molecule has 0 heterocycles. The predicted octanol–water partition coefficient (Wildman–Crippen LogP) is 0.297. The zero-order valence-corrected chi connectivity index (χ0v) is 8.85. The minimum absolute atomic E-state index is 0.278. The van der Waals surface area contributed by atoms with Gasteiger partial charge in [-0.05, 0) is 31.2 Å². The Bertz CT molecular complexity index is 351. The van der Waals surface area contributed by atoms with E-state index in [0.29, 0.717) is 0 Å². The molecule has 0 bridgehead atoms. The molecule has 0 aliphatic heterocycles. The summed E-state index contributed by atoms with van der Waals surface area (Å²) in [5.41, 5.74) is 0.278. The Morgan fingerprint density at radius 1 is 1.44 bits per heavy atom. The maximum absolute atomic E-state index is 12.6. The number of benzene rings is 1. The summed E-state index contributed by atoms with van der Waals surface area (Å²) in [6, 6.07) is 4.29. The first-order valence-electron chi connectivity index (χ1n) is 4.90. The molecule has 0 fully saturated rings. The van der Waals surface area contributed by atoms with Crippen LogP contribution in [0.15, 0.2) is 24.3 Å². The van der Waals surface area contributed by atoms with E-state index in [1.807, 2.05) is 0 Å². The van der Waals surface area contributed by atoms with Crippen molar-refractivity contribution in [1.82, 2.24) is 5.32 Å². The van der Waals surface area contributed by atoms with Gasteiger partial charge < -0.3 is 15.5 Å². The van der Waals surface area contributed by atoms with Crippen LogP contribution in [0.25, 0.3) is 0 Å². The van der Waals surface area contributed by atoms with Gasteiger partial charge in [-0.25, -0.2) is 4.39 Å². The number of carbonyl (C=O) groups is 1. The Kier molecular flexibility index (Phi) is 4.39. The second-order valence-electron chi connectivity index (χ2n) is 3.51. The van der Waals surface area contributed by atoms with Gasteiger partial charge in [-0.2, -0.15) is 0 Å². The third kappa shape index (κ3) is 3.29. The Labute approximate surface area is 92.7 Å². The van der Waals surface area contributed by atoms with Crippen molar-refractivity contribution in [2.24, 2.45) is 0 Å². The molecule has 0 aliphatic carbocycles. The van der Waals surface area contributed by atoms with Gasteiger partial charge in [-0.1, -0.05) is 0 Å². The second kappa shape index (κ2) is 5.58. The van der Waals surface area contributed by atoms with Gasteiger partial charge in [-0.15, -0.1) is 0 Å². The number of aliphatic hydroxyl groups is 2. The van der Waals surface area contributed by atoms with Gasteiger partial charge >= 0.3 is 0 Å². The number of hydrogen-bond donors (Lipinski definition) is 3. The Morgan fingerprint density at radius 3 is 2.44 bits per heavy atom. The van der Waals surface area contributed by atoms with Crippen LogP contribution in [0.4, 0.5) is 4.39 Å². The Hall–Kier alpha value is -1.46. The molecule has 0 radical (unpaired) electrons. The highest BCUT2D eigenvalue weighted by Crippen LogP contribution is 2.03. The molecular formula is C11H14FNO3. The van der Waals surface area contributed by atoms with Crippen molar-refractivity contribution in [2.45, 2.75) is 19.1 Å². The van der Waals surface area contributed by atoms with Crippen LogP contribution in [-0.2, 0) is 0 Å². The number of rotatable bonds is 4. The fourth-order valence-corrected chi connectivity index (χ4v) is 1.17. The van der Waals surface area contributed by atoms with Crippen molar-refractivity contribution in [3.8, 4) is 0 Å². The molecule has 0 saturated carbocycles. The van der Waals surface area contributed by atoms with Crippen molar-refractivity contribution in [1.29, 1.82) is 0 Å². The molecule has 0 aromatic heterocycles. The van der Waals surface area contributed by atoms with Crippen molar-refractivity contribution in [3.63, 3.8) is 0 Å². The Morgan fingerprint density at radius 2 is 2.00 bits per heavy atom. The normalized spacial score (nSPS) is 14.2. The smallest absolute Gasteiger partial charge is 0.251 e. The SMILES string of the molecule is CC(O)C(CO)NC(=O)c1ccc(F)cc1. The van der Waals surface area contributed by atoms with E-state index < -0.39 is 23.9 Å². The molecule has 88 valence electrons. The standard InChI is InChI=1S/C11H14FNO3/c1-7(15)10(6-14)13-11(16)8-2-4-9(12)5-3-8/h2-5,7,10,14-15H,6H2,1H3,(H,13,16). The highest BCUT2D eigenvalue weighted by molar-refractivity contribution is 5.94. The number of hydrogen-bond acceptors (Lipinski definition) is 3. The van der Waals surface area contributed by atoms with Gasteiger partial charge in [0.25, 0.3) is 5.91 Å². The molecule has 4 nitrogen and oxygen atoms in total. The van der Waals surface area contributed by atoms with E-state index >= 15 is 0 Å². The molecule has 3 N–H and O–H groups in total. The van der Waals surface area contributed by atoms with Crippen LogP contribution in [-0.4, -0.2) is 34.9 Å². The minimum Gasteiger partial charge on any atom is -0.394 e. The van der Waals surface area contributed by atoms with Crippen molar-refractivity contribution in [2.75, 3.05) is 6.61 Å². The summed E-state index contributed by atoms with van der Waals surface area (Å²) < 4.78 is 12.6. The average Bonchev–Trinajstić information content (AvgIpc) is 2.26. The quantitative estimate of drug-likeness (QED) is 0.692. The third-order valence-electron chi connectivity index (χ3n) is 2.20. The lowest BCUT2D eigenvalue weighted by atomic mass is 10.1. The molecule has 1 amide bonds. The highest BCUT2D eigenvalue weighted by Gasteiger charge is 2.17. The van der Waals surface area contributed by atoms with Crippen LogP contribution < -0.4 is 5.32 Å². The van der Waals surface area contributed by atoms with Crippen molar-refractivity contribution < 1.29 is 19.4 Å². The topological polar surface area (TPSA) is 69.6 Å². The zero-order chi connectivity index (χ0) is 12.1. The zero-order valence-electron chi connectivity index (χ0n) is 8.85. The molecule has 2 atom stereocenters. The van der Waals surface area contributed by atoms with Crippen LogP contribution in [0, 0.1) is 5.82 Å². The van der Waals surface area contributed by atoms with E-state index in [1.165, 1.54) is 31.2 Å². The number of halogens is 1. The summed E-state index contributed by atoms with van der Waals surface area (Å²) in [7, 11) is 0. The number of amides is 1. The second-order valence-corrected chi connectivity index (χ2v) is 3.51. The summed E-state index contributed by atoms with van der Waals surface area (Å²) in [5.74, 6) is -0.884. The molecular weight excluding hydrogens is 213 g/mol. The lowest BCUT2D eigenvalue weighted by Gasteiger charge is -2.18. The van der Waals surface area contributed by atoms with Crippen LogP contribution in [0.5, 0.6) is 0 Å². The summed E-state index contributed by atoms with van der Waals surface area (Å²) >= 11 is 0. The molecule has 1 rings (SSSR count). The van der Waals surface area contributed by atoms with Crippen LogP contribution >= 0.6 is 0 Å². The van der Waals surface area contributed by atoms with Gasteiger partial charge in [0.2, 0.25) is 0 Å². The minimum atomic E-state index is -0.852. The Balaban J connectivity index is 2.68. The number of aliphatic hydroxyl groups excluding tert-OH is 2. The van der Waals surface area contributed by atoms with Gasteiger partial charge in [0.05, 0.1) is 18.8 Å². The molecule has 16 heavy (non-hydrogen) atoms. The fourth-order valence-electron chi connectivity index (χ4n) is 1.17. The summed E-state index contributed by atoms with van der Waals surface area (Å²) in [6.45, 7) is 1.11. The molecule has 5 heteroatoms. The number of nitrogens with one attached hydrogen (secondary N) is 1. The molecule has 0 saturated heterocycles. The van der Waals surface area contributed by atoms with E-state index in [-0.39, 0.29) is 12.2 Å². The lowest BCUT2D eigenvalue weighted by Crippen LogP contribution is -2.44. The summed E-state index contributed by atoms with van der Waals surface area (Å²) in [6.07, 6.45) is -0.852. The van der Waals surface area contributed by atoms with Crippen molar-refractivity contribution in [3.05, 3.63) is 35.6 Å². The van der Waals surface area contributed by atoms with E-state index in [0.717, 1.165) is 0 Å². The monoisotopic (exact) mass is 227 g/mol. The first kappa shape index (κ1) is 12.6. The van der Waals surface area contributed by atoms with Crippen molar-refractivity contribution >= 4 is 5.91 Å². The largest absolute Gasteiger partial charge is 0.394 e. The highest BCUT2D eigenvalue weighted by atomic mass is 19.1. The van der Waals surface area contributed by atoms with E-state index in [9.17, 15) is 14.3 Å². The van der Waals surface area contributed by atoms with E-state index in [4.69, 9.17) is 5.11 Å². The predicted molar refractivity (Wildman–Crippen MR) is 56.4 cm³/mol. The summed E-state index contributed by atoms with van der Waals surface area (Å²) in [4.78, 5) is 11.6. The maximum Gasteiger partial charge on any atom is 0.251 e.